The number of rotatable bonds is 4. The predicted molar refractivity (Wildman–Crippen MR) is 71.9 cm³/mol. The molecule has 5 nitrogen and oxygen atoms in total. The summed E-state index contributed by atoms with van der Waals surface area (Å²) in [5.41, 5.74) is 0.392. The number of hydrogen-bond acceptors (Lipinski definition) is 4. The molecule has 1 saturated heterocycles. The number of carbonyl (C=O) groups is 1. The lowest BCUT2D eigenvalue weighted by Crippen LogP contribution is -2.32. The van der Waals surface area contributed by atoms with Crippen molar-refractivity contribution in [3.05, 3.63) is 35.1 Å². The highest BCUT2D eigenvalue weighted by molar-refractivity contribution is 7.91. The molecule has 0 spiro atoms. The predicted octanol–water partition coefficient (Wildman–Crippen LogP) is 1.14. The summed E-state index contributed by atoms with van der Waals surface area (Å²) in [6.45, 7) is 0.280. The van der Waals surface area contributed by atoms with Crippen molar-refractivity contribution in [2.45, 2.75) is 19.0 Å². The molecule has 1 aromatic carbocycles. The molecule has 1 aliphatic rings. The Labute approximate surface area is 116 Å². The molecule has 7 heteroatoms. The van der Waals surface area contributed by atoms with Crippen LogP contribution in [0.5, 0.6) is 0 Å². The minimum atomic E-state index is -2.98. The Balaban J connectivity index is 2.16. The number of benzene rings is 1. The quantitative estimate of drug-likeness (QED) is 0.903. The first-order valence-electron chi connectivity index (χ1n) is 6.21. The molecule has 0 aliphatic carbocycles. The summed E-state index contributed by atoms with van der Waals surface area (Å²) in [6.07, 6.45) is 0.544. The largest absolute Gasteiger partial charge is 0.478 e. The first-order valence-corrected chi connectivity index (χ1v) is 8.03. The third-order valence-corrected chi connectivity index (χ3v) is 5.30. The van der Waals surface area contributed by atoms with E-state index in [4.69, 9.17) is 5.11 Å². The van der Waals surface area contributed by atoms with E-state index >= 15 is 0 Å². The van der Waals surface area contributed by atoms with Crippen molar-refractivity contribution in [1.29, 1.82) is 0 Å². The van der Waals surface area contributed by atoms with Crippen LogP contribution >= 0.6 is 0 Å². The van der Waals surface area contributed by atoms with Crippen molar-refractivity contribution in [3.8, 4) is 0 Å². The average Bonchev–Trinajstić information content (AvgIpc) is 2.71. The van der Waals surface area contributed by atoms with Gasteiger partial charge in [0.15, 0.2) is 9.84 Å². The highest BCUT2D eigenvalue weighted by atomic mass is 32.2. The van der Waals surface area contributed by atoms with E-state index in [9.17, 15) is 17.6 Å². The van der Waals surface area contributed by atoms with Gasteiger partial charge in [0.05, 0.1) is 17.1 Å². The van der Waals surface area contributed by atoms with Gasteiger partial charge in [-0.25, -0.2) is 17.6 Å². The van der Waals surface area contributed by atoms with Gasteiger partial charge in [-0.1, -0.05) is 6.07 Å². The molecule has 1 heterocycles. The minimum absolute atomic E-state index is 0.0855. The Morgan fingerprint density at radius 1 is 1.50 bits per heavy atom. The van der Waals surface area contributed by atoms with Gasteiger partial charge in [0, 0.05) is 12.6 Å². The summed E-state index contributed by atoms with van der Waals surface area (Å²) >= 11 is 0. The van der Waals surface area contributed by atoms with E-state index in [1.807, 2.05) is 4.90 Å². The highest BCUT2D eigenvalue weighted by Crippen LogP contribution is 2.20. The highest BCUT2D eigenvalue weighted by Gasteiger charge is 2.30. The summed E-state index contributed by atoms with van der Waals surface area (Å²) in [7, 11) is -1.23. The molecule has 1 fully saturated rings. The van der Waals surface area contributed by atoms with Gasteiger partial charge in [-0.3, -0.25) is 4.90 Å². The van der Waals surface area contributed by atoms with Crippen molar-refractivity contribution >= 4 is 15.8 Å². The van der Waals surface area contributed by atoms with Gasteiger partial charge in [-0.05, 0) is 31.2 Å². The van der Waals surface area contributed by atoms with Gasteiger partial charge < -0.3 is 5.11 Å². The van der Waals surface area contributed by atoms with Crippen LogP contribution in [-0.4, -0.2) is 49.0 Å². The van der Waals surface area contributed by atoms with Crippen LogP contribution in [0.1, 0.15) is 22.3 Å². The average molecular weight is 301 g/mol. The molecule has 110 valence electrons. The summed E-state index contributed by atoms with van der Waals surface area (Å²) in [6, 6.07) is 3.50. The molecule has 0 amide bonds. The maximum atomic E-state index is 13.1. The molecule has 1 N–H and O–H groups in total. The minimum Gasteiger partial charge on any atom is -0.478 e. The van der Waals surface area contributed by atoms with E-state index in [2.05, 4.69) is 0 Å². The van der Waals surface area contributed by atoms with Gasteiger partial charge in [0.25, 0.3) is 0 Å². The van der Waals surface area contributed by atoms with Crippen LogP contribution in [0.4, 0.5) is 4.39 Å². The maximum Gasteiger partial charge on any atom is 0.336 e. The lowest BCUT2D eigenvalue weighted by Gasteiger charge is -2.23. The first-order chi connectivity index (χ1) is 9.28. The molecular weight excluding hydrogens is 285 g/mol. The van der Waals surface area contributed by atoms with Crippen LogP contribution in [0.3, 0.4) is 0 Å². The molecule has 0 radical (unpaired) electrons. The Morgan fingerprint density at radius 2 is 2.20 bits per heavy atom. The fourth-order valence-corrected chi connectivity index (χ4v) is 4.21. The topological polar surface area (TPSA) is 74.7 Å². The number of halogens is 1. The Bertz CT molecular complexity index is 629. The van der Waals surface area contributed by atoms with E-state index in [1.54, 1.807) is 7.05 Å². The van der Waals surface area contributed by atoms with E-state index < -0.39 is 21.6 Å². The van der Waals surface area contributed by atoms with Crippen LogP contribution < -0.4 is 0 Å². The summed E-state index contributed by atoms with van der Waals surface area (Å²) in [4.78, 5) is 12.9. The van der Waals surface area contributed by atoms with Crippen molar-refractivity contribution in [2.75, 3.05) is 18.6 Å². The van der Waals surface area contributed by atoms with Gasteiger partial charge in [-0.15, -0.1) is 0 Å². The molecule has 1 unspecified atom stereocenters. The fourth-order valence-electron chi connectivity index (χ4n) is 2.41. The van der Waals surface area contributed by atoms with Crippen molar-refractivity contribution in [1.82, 2.24) is 4.90 Å². The number of sulfone groups is 1. The van der Waals surface area contributed by atoms with E-state index in [-0.39, 0.29) is 29.7 Å². The zero-order valence-corrected chi connectivity index (χ0v) is 11.9. The summed E-state index contributed by atoms with van der Waals surface area (Å²) in [5.74, 6) is -1.53. The molecule has 0 bridgehead atoms. The standard InChI is InChI=1S/C13H16FNO4S/c1-15(11-4-5-20(18,19)8-11)7-9-2-3-10(14)6-12(9)13(16)17/h2-3,6,11H,4-5,7-8H2,1H3,(H,16,17). The van der Waals surface area contributed by atoms with Crippen LogP contribution in [0.2, 0.25) is 0 Å². The first kappa shape index (κ1) is 14.9. The second-order valence-electron chi connectivity index (χ2n) is 5.08. The van der Waals surface area contributed by atoms with E-state index in [1.165, 1.54) is 12.1 Å². The zero-order chi connectivity index (χ0) is 14.9. The number of aromatic carboxylic acids is 1. The van der Waals surface area contributed by atoms with Crippen molar-refractivity contribution in [2.24, 2.45) is 0 Å². The molecule has 0 saturated carbocycles. The normalized spacial score (nSPS) is 21.2. The summed E-state index contributed by atoms with van der Waals surface area (Å²) in [5, 5.41) is 9.07. The van der Waals surface area contributed by atoms with Crippen LogP contribution in [0, 0.1) is 5.82 Å². The van der Waals surface area contributed by atoms with E-state index in [0.29, 0.717) is 12.0 Å². The lowest BCUT2D eigenvalue weighted by atomic mass is 10.1. The van der Waals surface area contributed by atoms with Crippen molar-refractivity contribution < 1.29 is 22.7 Å². The third-order valence-electron chi connectivity index (χ3n) is 3.55. The van der Waals surface area contributed by atoms with Crippen LogP contribution in [0.25, 0.3) is 0 Å². The molecule has 1 aromatic rings. The van der Waals surface area contributed by atoms with Crippen LogP contribution in [0.15, 0.2) is 18.2 Å². The molecule has 2 rings (SSSR count). The molecular formula is C13H16FNO4S. The van der Waals surface area contributed by atoms with Crippen LogP contribution in [-0.2, 0) is 16.4 Å². The van der Waals surface area contributed by atoms with Gasteiger partial charge in [-0.2, -0.15) is 0 Å². The second-order valence-corrected chi connectivity index (χ2v) is 7.31. The fraction of sp³-hybridized carbons (Fsp3) is 0.462. The SMILES string of the molecule is CN(Cc1ccc(F)cc1C(=O)O)C1CCS(=O)(=O)C1. The number of carboxylic acids is 1. The van der Waals surface area contributed by atoms with Gasteiger partial charge in [0.2, 0.25) is 0 Å². The molecule has 1 atom stereocenters. The molecule has 20 heavy (non-hydrogen) atoms. The Kier molecular flexibility index (Phi) is 4.10. The smallest absolute Gasteiger partial charge is 0.336 e. The Hall–Kier alpha value is -1.47. The van der Waals surface area contributed by atoms with Gasteiger partial charge >= 0.3 is 5.97 Å². The summed E-state index contributed by atoms with van der Waals surface area (Å²) < 4.78 is 36.0. The lowest BCUT2D eigenvalue weighted by molar-refractivity contribution is 0.0693. The van der Waals surface area contributed by atoms with E-state index in [0.717, 1.165) is 6.07 Å². The van der Waals surface area contributed by atoms with Gasteiger partial charge in [0.1, 0.15) is 5.82 Å². The number of hydrogen-bond donors (Lipinski definition) is 1. The number of nitrogens with zero attached hydrogens (tertiary/aromatic N) is 1. The number of carboxylic acid groups (broad SMARTS) is 1. The van der Waals surface area contributed by atoms with Crippen molar-refractivity contribution in [3.63, 3.8) is 0 Å². The second kappa shape index (κ2) is 5.49. The maximum absolute atomic E-state index is 13.1. The monoisotopic (exact) mass is 301 g/mol. The molecule has 0 aromatic heterocycles. The molecule has 1 aliphatic heterocycles. The Morgan fingerprint density at radius 3 is 2.75 bits per heavy atom. The zero-order valence-electron chi connectivity index (χ0n) is 11.0. The third kappa shape index (κ3) is 3.34.